The van der Waals surface area contributed by atoms with Gasteiger partial charge in [-0.3, -0.25) is 15.1 Å². The maximum Gasteiger partial charge on any atom is 0.410 e. The summed E-state index contributed by atoms with van der Waals surface area (Å²) in [5.74, 6) is -0.490. The van der Waals surface area contributed by atoms with Crippen LogP contribution in [-0.2, 0) is 15.4 Å². The van der Waals surface area contributed by atoms with Crippen molar-refractivity contribution in [3.63, 3.8) is 0 Å². The normalized spacial score (nSPS) is 24.9. The Labute approximate surface area is 206 Å². The lowest BCUT2D eigenvalue weighted by Crippen LogP contribution is -2.66. The molecule has 2 aromatic heterocycles. The molecule has 0 bridgehead atoms. The molecule has 0 aromatic carbocycles. The van der Waals surface area contributed by atoms with Crippen LogP contribution in [0.2, 0.25) is 0 Å². The number of carbonyl (C=O) groups excluding carboxylic acids is 1. The fourth-order valence-corrected chi connectivity index (χ4v) is 8.06. The Balaban J connectivity index is 1.58. The molecule has 1 saturated carbocycles. The van der Waals surface area contributed by atoms with Crippen LogP contribution in [0.5, 0.6) is 5.88 Å². The van der Waals surface area contributed by atoms with Gasteiger partial charge >= 0.3 is 6.09 Å². The van der Waals surface area contributed by atoms with Crippen molar-refractivity contribution in [2.24, 2.45) is 4.99 Å². The molecule has 4 heterocycles. The largest absolute Gasteiger partial charge is 0.477 e. The highest BCUT2D eigenvalue weighted by Gasteiger charge is 2.64. The second kappa shape index (κ2) is 8.27. The number of hydrogen-bond acceptors (Lipinski definition) is 9. The van der Waals surface area contributed by atoms with Crippen LogP contribution in [-0.4, -0.2) is 57.9 Å². The van der Waals surface area contributed by atoms with Gasteiger partial charge in [0.05, 0.1) is 29.3 Å². The number of carboxylic acid groups (broad SMARTS) is 1. The Morgan fingerprint density at radius 1 is 1.22 bits per heavy atom. The summed E-state index contributed by atoms with van der Waals surface area (Å²) in [7, 11) is -3.88. The number of carbonyl (C=O) groups is 2. The number of ether oxygens (including phenoxy) is 1. The van der Waals surface area contributed by atoms with E-state index in [2.05, 4.69) is 20.6 Å². The molecule has 3 N–H and O–H groups in total. The number of aliphatic imine (C=N–C) groups is 1. The minimum atomic E-state index is -3.88. The van der Waals surface area contributed by atoms with Crippen molar-refractivity contribution in [2.45, 2.75) is 48.1 Å². The van der Waals surface area contributed by atoms with Crippen molar-refractivity contribution in [1.29, 1.82) is 5.26 Å². The number of amides is 2. The quantitative estimate of drug-likeness (QED) is 0.543. The van der Waals surface area contributed by atoms with Crippen LogP contribution in [0, 0.1) is 11.3 Å². The number of rotatable bonds is 2. The molecule has 1 fully saturated rings. The molecular formula is C23H22N6O6S. The van der Waals surface area contributed by atoms with Gasteiger partial charge in [-0.1, -0.05) is 0 Å². The van der Waals surface area contributed by atoms with Gasteiger partial charge in [0.1, 0.15) is 27.9 Å². The summed E-state index contributed by atoms with van der Waals surface area (Å²) in [5, 5.41) is 22.3. The molecular weight excluding hydrogens is 488 g/mol. The van der Waals surface area contributed by atoms with E-state index in [0.717, 1.165) is 0 Å². The van der Waals surface area contributed by atoms with E-state index in [9.17, 15) is 23.1 Å². The van der Waals surface area contributed by atoms with Crippen LogP contribution in [0.3, 0.4) is 0 Å². The molecule has 0 saturated heterocycles. The molecule has 1 aliphatic carbocycles. The van der Waals surface area contributed by atoms with Gasteiger partial charge in [0.25, 0.3) is 5.91 Å². The number of aromatic nitrogens is 2. The van der Waals surface area contributed by atoms with E-state index in [4.69, 9.17) is 15.0 Å². The third-order valence-corrected chi connectivity index (χ3v) is 10.2. The maximum absolute atomic E-state index is 13.9. The highest BCUT2D eigenvalue weighted by molar-refractivity contribution is 7.94. The fourth-order valence-electron chi connectivity index (χ4n) is 5.10. The van der Waals surface area contributed by atoms with Crippen LogP contribution < -0.4 is 15.4 Å². The number of nitriles is 1. The molecule has 5 rings (SSSR count). The van der Waals surface area contributed by atoms with Crippen LogP contribution >= 0.6 is 0 Å². The number of pyridine rings is 2. The summed E-state index contributed by atoms with van der Waals surface area (Å²) >= 11 is 0. The standard InChI is InChI=1S/C23H22N6O6S/c1-22-15-9-14(27-18(30)16-4-3-13(10-24)11-25-16)12-26-19(15)35-8-5-17(22)36(33,34)23(6-2-7-23)20(29-22)28-21(31)32/h3-4,9,11-12,17H,2,5-8H2,1H3,(H,27,30)(H,28,29)(H,31,32)/t17-,22-/m1/s1. The van der Waals surface area contributed by atoms with E-state index in [1.54, 1.807) is 13.0 Å². The van der Waals surface area contributed by atoms with Gasteiger partial charge < -0.3 is 15.2 Å². The Morgan fingerprint density at radius 2 is 2.00 bits per heavy atom. The lowest BCUT2D eigenvalue weighted by Gasteiger charge is -2.50. The van der Waals surface area contributed by atoms with Crippen molar-refractivity contribution in [1.82, 2.24) is 15.3 Å². The minimum Gasteiger partial charge on any atom is -0.477 e. The van der Waals surface area contributed by atoms with E-state index >= 15 is 0 Å². The first-order valence-electron chi connectivity index (χ1n) is 11.3. The molecule has 0 radical (unpaired) electrons. The predicted molar refractivity (Wildman–Crippen MR) is 126 cm³/mol. The van der Waals surface area contributed by atoms with E-state index in [1.165, 1.54) is 24.5 Å². The average Bonchev–Trinajstić information content (AvgIpc) is 2.94. The fraction of sp³-hybridized carbons (Fsp3) is 0.391. The monoisotopic (exact) mass is 510 g/mol. The lowest BCUT2D eigenvalue weighted by molar-refractivity contribution is 0.102. The average molecular weight is 511 g/mol. The van der Waals surface area contributed by atoms with E-state index in [0.29, 0.717) is 30.4 Å². The maximum atomic E-state index is 13.9. The first kappa shape index (κ1) is 23.7. The van der Waals surface area contributed by atoms with Crippen molar-refractivity contribution in [3.05, 3.63) is 47.4 Å². The summed E-state index contributed by atoms with van der Waals surface area (Å²) in [6, 6.07) is 6.34. The van der Waals surface area contributed by atoms with E-state index < -0.39 is 37.4 Å². The Morgan fingerprint density at radius 3 is 2.61 bits per heavy atom. The Kier molecular flexibility index (Phi) is 5.44. The predicted octanol–water partition coefficient (Wildman–Crippen LogP) is 1.98. The molecule has 1 spiro atoms. The molecule has 186 valence electrons. The number of hydrogen-bond donors (Lipinski definition) is 3. The second-order valence-electron chi connectivity index (χ2n) is 9.13. The summed E-state index contributed by atoms with van der Waals surface area (Å²) < 4.78 is 32.2. The summed E-state index contributed by atoms with van der Waals surface area (Å²) in [6.45, 7) is 1.71. The van der Waals surface area contributed by atoms with Gasteiger partial charge in [0.15, 0.2) is 9.84 Å². The van der Waals surface area contributed by atoms with E-state index in [1.807, 2.05) is 6.07 Å². The smallest absolute Gasteiger partial charge is 0.410 e. The van der Waals surface area contributed by atoms with Gasteiger partial charge in [0, 0.05) is 18.2 Å². The molecule has 3 aliphatic rings. The van der Waals surface area contributed by atoms with Crippen molar-refractivity contribution in [2.75, 3.05) is 11.9 Å². The zero-order valence-electron chi connectivity index (χ0n) is 19.2. The number of sulfone groups is 1. The van der Waals surface area contributed by atoms with Gasteiger partial charge in [0.2, 0.25) is 5.88 Å². The Hall–Kier alpha value is -4.05. The molecule has 36 heavy (non-hydrogen) atoms. The molecule has 2 aliphatic heterocycles. The number of amidine groups is 1. The number of anilines is 1. The second-order valence-corrected chi connectivity index (χ2v) is 11.6. The zero-order valence-corrected chi connectivity index (χ0v) is 20.0. The molecule has 13 heteroatoms. The molecule has 0 unspecified atom stereocenters. The van der Waals surface area contributed by atoms with Crippen molar-refractivity contribution < 1.29 is 27.9 Å². The van der Waals surface area contributed by atoms with E-state index in [-0.39, 0.29) is 36.1 Å². The van der Waals surface area contributed by atoms with Crippen LogP contribution in [0.15, 0.2) is 35.6 Å². The molecule has 12 nitrogen and oxygen atoms in total. The SMILES string of the molecule is C[C@]12N=C(NC(=O)O)C3(CCC3)S(=O)(=O)[C@@H]1CCOc1ncc(NC(=O)c3ccc(C#N)cn3)cc12. The number of fused-ring (bicyclic) bond motifs is 3. The van der Waals surface area contributed by atoms with Crippen molar-refractivity contribution >= 4 is 33.4 Å². The first-order chi connectivity index (χ1) is 17.1. The van der Waals surface area contributed by atoms with Crippen LogP contribution in [0.25, 0.3) is 0 Å². The minimum absolute atomic E-state index is 0.0717. The van der Waals surface area contributed by atoms with Crippen molar-refractivity contribution in [3.8, 4) is 11.9 Å². The lowest BCUT2D eigenvalue weighted by atomic mass is 9.81. The summed E-state index contributed by atoms with van der Waals surface area (Å²) in [6.07, 6.45) is 2.64. The molecule has 2 amide bonds. The molecule has 2 aromatic rings. The van der Waals surface area contributed by atoms with Gasteiger partial charge in [-0.15, -0.1) is 0 Å². The summed E-state index contributed by atoms with van der Waals surface area (Å²) in [5.41, 5.74) is -0.468. The zero-order chi connectivity index (χ0) is 25.7. The molecule has 2 atom stereocenters. The van der Waals surface area contributed by atoms with Gasteiger partial charge in [-0.25, -0.2) is 23.2 Å². The van der Waals surface area contributed by atoms with Gasteiger partial charge in [-0.05, 0) is 44.4 Å². The highest BCUT2D eigenvalue weighted by Crippen LogP contribution is 2.53. The number of nitrogens with zero attached hydrogens (tertiary/aromatic N) is 4. The topological polar surface area (TPSA) is 184 Å². The third kappa shape index (κ3) is 3.48. The third-order valence-electron chi connectivity index (χ3n) is 7.11. The summed E-state index contributed by atoms with van der Waals surface area (Å²) in [4.78, 5) is 37.2. The number of nitrogens with one attached hydrogen (secondary N) is 2. The van der Waals surface area contributed by atoms with Crippen LogP contribution in [0.4, 0.5) is 10.5 Å². The Bertz CT molecular complexity index is 1440. The highest BCUT2D eigenvalue weighted by atomic mass is 32.2. The van der Waals surface area contributed by atoms with Crippen LogP contribution in [0.1, 0.15) is 54.2 Å². The first-order valence-corrected chi connectivity index (χ1v) is 12.8. The van der Waals surface area contributed by atoms with Gasteiger partial charge in [-0.2, -0.15) is 5.26 Å².